The highest BCUT2D eigenvalue weighted by molar-refractivity contribution is 7.90. The van der Waals surface area contributed by atoms with Crippen molar-refractivity contribution in [3.05, 3.63) is 111 Å². The minimum Gasteiger partial charge on any atom is -0.463 e. The Morgan fingerprint density at radius 1 is 0.971 bits per heavy atom. The van der Waals surface area contributed by atoms with Gasteiger partial charge in [0.25, 0.3) is 21.6 Å². The van der Waals surface area contributed by atoms with E-state index < -0.39 is 50.1 Å². The normalized spacial score (nSPS) is 19.5. The lowest BCUT2D eigenvalue weighted by Crippen LogP contribution is -2.47. The van der Waals surface area contributed by atoms with E-state index in [4.69, 9.17) is 21.1 Å². The van der Waals surface area contributed by atoms with E-state index in [1.165, 1.54) is 39.8 Å². The number of nitrogens with zero attached hydrogens (tertiary/aromatic N) is 5. The number of nitro groups is 1. The molecule has 4 aliphatic rings. The van der Waals surface area contributed by atoms with Gasteiger partial charge < -0.3 is 29.6 Å². The highest BCUT2D eigenvalue weighted by atomic mass is 35.5. The van der Waals surface area contributed by atoms with Crippen molar-refractivity contribution in [2.45, 2.75) is 69.5 Å². The summed E-state index contributed by atoms with van der Waals surface area (Å²) in [5.74, 6) is -1.20. The lowest BCUT2D eigenvalue weighted by molar-refractivity contribution is -0.384. The van der Waals surface area contributed by atoms with Crippen molar-refractivity contribution in [1.82, 2.24) is 19.6 Å². The van der Waals surface area contributed by atoms with Gasteiger partial charge >= 0.3 is 6.18 Å². The fourth-order valence-corrected chi connectivity index (χ4v) is 10.8. The number of aromatic amines is 1. The van der Waals surface area contributed by atoms with Crippen LogP contribution < -0.4 is 24.6 Å². The number of nitrogens with one attached hydrogen (secondary N) is 3. The number of halogens is 4. The quantitative estimate of drug-likeness (QED) is 0.0799. The summed E-state index contributed by atoms with van der Waals surface area (Å²) in [6.07, 6.45) is -1.39. The fourth-order valence-electron chi connectivity index (χ4n) is 9.72. The van der Waals surface area contributed by atoms with Gasteiger partial charge in [-0.15, -0.1) is 0 Å². The molecule has 2 fully saturated rings. The summed E-state index contributed by atoms with van der Waals surface area (Å²) in [6.45, 7) is 9.28. The number of aromatic nitrogens is 2. The van der Waals surface area contributed by atoms with Crippen LogP contribution in [0.25, 0.3) is 16.6 Å². The monoisotopic (exact) mass is 990 g/mol. The minimum atomic E-state index is -4.76. The zero-order valence-electron chi connectivity index (χ0n) is 38.3. The second-order valence-electron chi connectivity index (χ2n) is 19.0. The number of fused-ring (bicyclic) bond motifs is 2. The number of alkyl halides is 3. The number of hydrogen-bond donors (Lipinski definition) is 3. The van der Waals surface area contributed by atoms with Gasteiger partial charge in [0.2, 0.25) is 5.88 Å². The number of anilines is 4. The van der Waals surface area contributed by atoms with Crippen molar-refractivity contribution < 1.29 is 40.8 Å². The number of benzene rings is 3. The number of allylic oxidation sites excluding steroid dienone is 1. The Balaban J connectivity index is 1.02. The maximum atomic E-state index is 14.4. The van der Waals surface area contributed by atoms with Crippen LogP contribution in [0, 0.1) is 21.4 Å². The molecular weight excluding hydrogens is 937 g/mol. The molecule has 1 amide bonds. The van der Waals surface area contributed by atoms with Crippen LogP contribution in [0.1, 0.15) is 68.3 Å². The highest BCUT2D eigenvalue weighted by Gasteiger charge is 2.45. The van der Waals surface area contributed by atoms with Gasteiger partial charge in [-0.25, -0.2) is 13.1 Å². The van der Waals surface area contributed by atoms with Gasteiger partial charge in [-0.3, -0.25) is 19.8 Å². The van der Waals surface area contributed by atoms with Crippen molar-refractivity contribution in [3.8, 4) is 5.88 Å². The van der Waals surface area contributed by atoms with Crippen LogP contribution in [0.15, 0.2) is 89.5 Å². The lowest BCUT2D eigenvalue weighted by Gasteiger charge is -2.39. The molecule has 0 spiro atoms. The first kappa shape index (κ1) is 48.1. The molecule has 2 saturated heterocycles. The molecule has 0 bridgehead atoms. The largest absolute Gasteiger partial charge is 0.463 e. The first-order valence-electron chi connectivity index (χ1n) is 23.2. The van der Waals surface area contributed by atoms with Crippen LogP contribution in [0.2, 0.25) is 5.02 Å². The Labute approximate surface area is 403 Å². The second kappa shape index (κ2) is 19.5. The summed E-state index contributed by atoms with van der Waals surface area (Å²) < 4.78 is 84.3. The van der Waals surface area contributed by atoms with Gasteiger partial charge in [0.15, 0.2) is 6.10 Å². The molecule has 1 aliphatic carbocycles. The molecular formula is C49H54ClF3N8O7S. The van der Waals surface area contributed by atoms with Crippen LogP contribution in [0.4, 0.5) is 41.6 Å². The number of pyridine rings is 1. The van der Waals surface area contributed by atoms with Crippen LogP contribution in [0.5, 0.6) is 5.88 Å². The van der Waals surface area contributed by atoms with Gasteiger partial charge in [-0.05, 0) is 109 Å². The topological polar surface area (TPSA) is 175 Å². The lowest BCUT2D eigenvalue weighted by atomic mass is 9.72. The Bertz CT molecular complexity index is 2880. The van der Waals surface area contributed by atoms with E-state index in [2.05, 4.69) is 55.8 Å². The summed E-state index contributed by atoms with van der Waals surface area (Å²) in [7, 11) is -4.74. The molecule has 3 N–H and O–H groups in total. The Hall–Kier alpha value is -5.89. The third kappa shape index (κ3) is 10.8. The predicted molar refractivity (Wildman–Crippen MR) is 259 cm³/mol. The van der Waals surface area contributed by atoms with Crippen LogP contribution >= 0.6 is 11.6 Å². The number of ether oxygens (including phenoxy) is 2. The molecule has 3 aromatic carbocycles. The average Bonchev–Trinajstić information content (AvgIpc) is 3.69. The van der Waals surface area contributed by atoms with Gasteiger partial charge in [0, 0.05) is 93.8 Å². The number of nitro benzene ring substituents is 1. The van der Waals surface area contributed by atoms with Crippen molar-refractivity contribution in [1.29, 1.82) is 0 Å². The number of piperazine rings is 1. The summed E-state index contributed by atoms with van der Waals surface area (Å²) >= 11 is 6.25. The molecule has 3 aliphatic heterocycles. The average molecular weight is 992 g/mol. The summed E-state index contributed by atoms with van der Waals surface area (Å²) in [6, 6.07) is 19.5. The molecule has 9 rings (SSSR count). The molecule has 1 atom stereocenters. The number of rotatable bonds is 12. The minimum absolute atomic E-state index is 0.119. The van der Waals surface area contributed by atoms with Crippen LogP contribution in [0.3, 0.4) is 0 Å². The third-order valence-electron chi connectivity index (χ3n) is 13.7. The molecule has 0 unspecified atom stereocenters. The molecule has 69 heavy (non-hydrogen) atoms. The Morgan fingerprint density at radius 2 is 1.72 bits per heavy atom. The molecule has 15 nitrogen and oxygen atoms in total. The summed E-state index contributed by atoms with van der Waals surface area (Å²) in [5.41, 5.74) is 4.76. The first-order chi connectivity index (χ1) is 32.9. The van der Waals surface area contributed by atoms with Crippen molar-refractivity contribution >= 4 is 72.6 Å². The summed E-state index contributed by atoms with van der Waals surface area (Å²) in [5, 5.41) is 16.5. The predicted octanol–water partition coefficient (Wildman–Crippen LogP) is 9.72. The maximum Gasteiger partial charge on any atom is 0.425 e. The SMILES string of the molecule is CC1(C)CCC(CN2CCN(c3ccc(C(=O)NS(=O)(=O)c4ccc(NCC5CCOCC5)c([N+](=O)[O-])c4)c(N4CC[C@@H](C(F)(F)F)Oc5nc6[nH]ccc6cc54)c3)CC2)=C(c2ccc(Cl)cc2)C1. The standard InChI is InChI=1S/C49H54ClF3N8O7S/c1-48(2)16-11-34(39(28-48)32-3-5-35(50)6-4-32)30-58-19-21-59(22-20-58)36-7-9-38(41(26-36)60-18-13-44(49(51,52)53)68-47-43(60)25-33-12-17-54-45(33)56-47)46(62)57-69(65,66)37-8-10-40(42(27-37)61(63)64)55-29-31-14-23-67-24-15-31/h3-10,12,17,25-27,31,44,55H,11,13-16,18-24,28-30H2,1-2H3,(H,54,56)(H,57,62)/t44-/m0/s1. The molecule has 5 heterocycles. The van der Waals surface area contributed by atoms with Gasteiger partial charge in [0.1, 0.15) is 17.0 Å². The third-order valence-corrected chi connectivity index (χ3v) is 15.3. The van der Waals surface area contributed by atoms with E-state index in [0.717, 1.165) is 44.7 Å². The van der Waals surface area contributed by atoms with Gasteiger partial charge in [-0.2, -0.15) is 18.2 Å². The molecule has 2 aromatic heterocycles. The van der Waals surface area contributed by atoms with Crippen molar-refractivity contribution in [2.24, 2.45) is 11.3 Å². The van der Waals surface area contributed by atoms with Gasteiger partial charge in [0.05, 0.1) is 21.1 Å². The number of carbonyl (C=O) groups excluding carboxylic acids is 1. The molecule has 0 saturated carbocycles. The van der Waals surface area contributed by atoms with Crippen molar-refractivity contribution in [3.63, 3.8) is 0 Å². The number of hydrogen-bond acceptors (Lipinski definition) is 12. The smallest absolute Gasteiger partial charge is 0.425 e. The van der Waals surface area contributed by atoms with Crippen LogP contribution in [-0.2, 0) is 14.8 Å². The Kier molecular flexibility index (Phi) is 13.6. The molecule has 20 heteroatoms. The van der Waals surface area contributed by atoms with E-state index in [1.54, 1.807) is 30.5 Å². The van der Waals surface area contributed by atoms with Crippen LogP contribution in [-0.4, -0.2) is 105 Å². The first-order valence-corrected chi connectivity index (χ1v) is 25.0. The molecule has 5 aromatic rings. The van der Waals surface area contributed by atoms with E-state index in [9.17, 15) is 36.5 Å². The van der Waals surface area contributed by atoms with E-state index in [-0.39, 0.29) is 46.4 Å². The fraction of sp³-hybridized carbons (Fsp3) is 0.429. The second-order valence-corrected chi connectivity index (χ2v) is 21.1. The highest BCUT2D eigenvalue weighted by Crippen LogP contribution is 2.45. The number of amides is 1. The van der Waals surface area contributed by atoms with E-state index in [1.807, 2.05) is 12.1 Å². The Morgan fingerprint density at radius 3 is 2.45 bits per heavy atom. The number of carbonyl (C=O) groups is 1. The molecule has 0 radical (unpaired) electrons. The summed E-state index contributed by atoms with van der Waals surface area (Å²) in [4.78, 5) is 38.8. The number of sulfonamides is 1. The maximum absolute atomic E-state index is 14.4. The number of H-pyrrole nitrogens is 1. The van der Waals surface area contributed by atoms with Gasteiger partial charge in [-0.1, -0.05) is 43.2 Å². The zero-order chi connectivity index (χ0) is 48.7. The van der Waals surface area contributed by atoms with E-state index >= 15 is 0 Å². The van der Waals surface area contributed by atoms with Crippen molar-refractivity contribution in [2.75, 3.05) is 74.1 Å². The van der Waals surface area contributed by atoms with E-state index in [0.29, 0.717) is 67.7 Å². The zero-order valence-corrected chi connectivity index (χ0v) is 39.9. The molecule has 366 valence electrons.